The molecule has 0 nitrogen and oxygen atoms in total. The molecule has 0 aliphatic heterocycles. The molecule has 1 heteroatoms. The number of benzene rings is 1. The number of fused-ring (bicyclic) bond motifs is 5. The molecule has 132 valence electrons. The molecule has 1 aromatic carbocycles. The molecule has 25 heavy (non-hydrogen) atoms. The highest BCUT2D eigenvalue weighted by Gasteiger charge is 2.51. The SMILES string of the molecule is Brc1ccc(C[C@]23C=C[C@H]4[C@@H](CC=C5CCCC[C@@H]54)[C@@H]2CCC3)cc1. The van der Waals surface area contributed by atoms with Crippen molar-refractivity contribution >= 4 is 15.9 Å². The van der Waals surface area contributed by atoms with E-state index in [-0.39, 0.29) is 0 Å². The fourth-order valence-corrected chi connectivity index (χ4v) is 7.01. The lowest BCUT2D eigenvalue weighted by molar-refractivity contribution is 0.0973. The molecule has 0 spiro atoms. The maximum atomic E-state index is 3.58. The Morgan fingerprint density at radius 2 is 1.92 bits per heavy atom. The van der Waals surface area contributed by atoms with Crippen LogP contribution in [0.15, 0.2) is 52.5 Å². The van der Waals surface area contributed by atoms with Crippen molar-refractivity contribution < 1.29 is 0 Å². The molecule has 4 aliphatic carbocycles. The van der Waals surface area contributed by atoms with E-state index in [9.17, 15) is 0 Å². The van der Waals surface area contributed by atoms with Gasteiger partial charge < -0.3 is 0 Å². The van der Waals surface area contributed by atoms with Crippen molar-refractivity contribution in [1.29, 1.82) is 0 Å². The van der Waals surface area contributed by atoms with E-state index in [4.69, 9.17) is 0 Å². The summed E-state index contributed by atoms with van der Waals surface area (Å²) in [4.78, 5) is 0. The maximum Gasteiger partial charge on any atom is 0.0175 e. The Hall–Kier alpha value is -0.820. The number of hydrogen-bond donors (Lipinski definition) is 0. The molecular formula is C24H29Br. The average molecular weight is 397 g/mol. The van der Waals surface area contributed by atoms with E-state index in [1.54, 1.807) is 0 Å². The molecule has 0 bridgehead atoms. The van der Waals surface area contributed by atoms with Crippen LogP contribution in [0.4, 0.5) is 0 Å². The summed E-state index contributed by atoms with van der Waals surface area (Å²) in [7, 11) is 0. The zero-order valence-electron chi connectivity index (χ0n) is 15.1. The van der Waals surface area contributed by atoms with Gasteiger partial charge in [-0.1, -0.05) is 64.7 Å². The Balaban J connectivity index is 1.45. The molecule has 4 aliphatic rings. The highest BCUT2D eigenvalue weighted by molar-refractivity contribution is 9.10. The molecule has 0 N–H and O–H groups in total. The summed E-state index contributed by atoms with van der Waals surface area (Å²) in [6.45, 7) is 0. The largest absolute Gasteiger partial charge is 0.0847 e. The lowest BCUT2D eigenvalue weighted by Gasteiger charge is -2.50. The average Bonchev–Trinajstić information content (AvgIpc) is 3.07. The molecule has 2 saturated carbocycles. The van der Waals surface area contributed by atoms with Crippen molar-refractivity contribution in [3.63, 3.8) is 0 Å². The molecule has 2 fully saturated rings. The van der Waals surface area contributed by atoms with Gasteiger partial charge in [0.25, 0.3) is 0 Å². The van der Waals surface area contributed by atoms with Gasteiger partial charge in [0.05, 0.1) is 0 Å². The highest BCUT2D eigenvalue weighted by Crippen LogP contribution is 2.59. The Labute approximate surface area is 160 Å². The first kappa shape index (κ1) is 16.4. The quantitative estimate of drug-likeness (QED) is 0.467. The summed E-state index contributed by atoms with van der Waals surface area (Å²) < 4.78 is 1.19. The van der Waals surface area contributed by atoms with Crippen LogP contribution in [0.3, 0.4) is 0 Å². The molecule has 0 unspecified atom stereocenters. The second kappa shape index (κ2) is 6.41. The van der Waals surface area contributed by atoms with Gasteiger partial charge in [-0.05, 0) is 91.7 Å². The second-order valence-corrected chi connectivity index (χ2v) is 9.92. The standard InChI is InChI=1S/C24H29Br/c25-19-10-7-17(8-11-19)16-24-14-3-6-23(24)22-12-9-18-4-1-2-5-20(18)21(22)13-15-24/h7-11,13,15,20-23H,1-6,12,14,16H2/t20-,21+,22+,23-,24-/m0/s1. The monoisotopic (exact) mass is 396 g/mol. The summed E-state index contributed by atoms with van der Waals surface area (Å²) in [6, 6.07) is 9.08. The van der Waals surface area contributed by atoms with Crippen LogP contribution >= 0.6 is 15.9 Å². The molecule has 0 radical (unpaired) electrons. The number of hydrogen-bond acceptors (Lipinski definition) is 0. The van der Waals surface area contributed by atoms with Crippen molar-refractivity contribution in [2.24, 2.45) is 29.1 Å². The van der Waals surface area contributed by atoms with Gasteiger partial charge in [0, 0.05) is 4.47 Å². The van der Waals surface area contributed by atoms with Crippen LogP contribution in [-0.2, 0) is 6.42 Å². The zero-order chi connectivity index (χ0) is 16.9. The third-order valence-electron chi connectivity index (χ3n) is 7.83. The molecule has 0 saturated heterocycles. The Morgan fingerprint density at radius 1 is 1.04 bits per heavy atom. The molecular weight excluding hydrogens is 368 g/mol. The summed E-state index contributed by atoms with van der Waals surface area (Å²) in [5.41, 5.74) is 3.77. The van der Waals surface area contributed by atoms with Crippen molar-refractivity contribution in [3.05, 3.63) is 58.1 Å². The Morgan fingerprint density at radius 3 is 2.80 bits per heavy atom. The van der Waals surface area contributed by atoms with E-state index < -0.39 is 0 Å². The van der Waals surface area contributed by atoms with Crippen LogP contribution in [0.1, 0.15) is 56.9 Å². The van der Waals surface area contributed by atoms with E-state index in [1.807, 2.05) is 5.57 Å². The van der Waals surface area contributed by atoms with Crippen LogP contribution in [0.2, 0.25) is 0 Å². The van der Waals surface area contributed by atoms with Gasteiger partial charge in [-0.25, -0.2) is 0 Å². The second-order valence-electron chi connectivity index (χ2n) is 9.00. The predicted octanol–water partition coefficient (Wildman–Crippen LogP) is 7.10. The van der Waals surface area contributed by atoms with Crippen LogP contribution in [0.5, 0.6) is 0 Å². The molecule has 1 aromatic rings. The third-order valence-corrected chi connectivity index (χ3v) is 8.36. The normalized spacial score (nSPS) is 39.3. The van der Waals surface area contributed by atoms with Gasteiger partial charge in [-0.3, -0.25) is 0 Å². The lowest BCUT2D eigenvalue weighted by Crippen LogP contribution is -2.42. The minimum Gasteiger partial charge on any atom is -0.0847 e. The minimum atomic E-state index is 0.439. The maximum absolute atomic E-state index is 3.58. The molecule has 0 aromatic heterocycles. The van der Waals surface area contributed by atoms with Gasteiger partial charge in [0.1, 0.15) is 0 Å². The summed E-state index contributed by atoms with van der Waals surface area (Å²) in [6.07, 6.45) is 20.7. The molecule has 5 rings (SSSR count). The van der Waals surface area contributed by atoms with Gasteiger partial charge in [0.2, 0.25) is 0 Å². The van der Waals surface area contributed by atoms with E-state index >= 15 is 0 Å². The summed E-state index contributed by atoms with van der Waals surface area (Å²) in [5.74, 6) is 3.55. The van der Waals surface area contributed by atoms with Crippen LogP contribution < -0.4 is 0 Å². The van der Waals surface area contributed by atoms with Crippen molar-refractivity contribution in [2.75, 3.05) is 0 Å². The smallest absolute Gasteiger partial charge is 0.0175 e. The van der Waals surface area contributed by atoms with Crippen LogP contribution in [-0.4, -0.2) is 0 Å². The highest BCUT2D eigenvalue weighted by atomic mass is 79.9. The van der Waals surface area contributed by atoms with Gasteiger partial charge in [0.15, 0.2) is 0 Å². The number of rotatable bonds is 2. The molecule has 0 amide bonds. The first-order valence-corrected chi connectivity index (χ1v) is 11.2. The van der Waals surface area contributed by atoms with Crippen LogP contribution in [0, 0.1) is 29.1 Å². The number of allylic oxidation sites excluding steroid dienone is 4. The predicted molar refractivity (Wildman–Crippen MR) is 108 cm³/mol. The Bertz CT molecular complexity index is 697. The third kappa shape index (κ3) is 2.78. The number of halogens is 1. The lowest BCUT2D eigenvalue weighted by atomic mass is 9.55. The van der Waals surface area contributed by atoms with Gasteiger partial charge in [-0.2, -0.15) is 0 Å². The van der Waals surface area contributed by atoms with Crippen LogP contribution in [0.25, 0.3) is 0 Å². The fraction of sp³-hybridized carbons (Fsp3) is 0.583. The summed E-state index contributed by atoms with van der Waals surface area (Å²) >= 11 is 3.58. The van der Waals surface area contributed by atoms with E-state index in [2.05, 4.69) is 58.4 Å². The fourth-order valence-electron chi connectivity index (χ4n) is 6.74. The van der Waals surface area contributed by atoms with E-state index in [0.717, 1.165) is 23.7 Å². The van der Waals surface area contributed by atoms with E-state index in [0.29, 0.717) is 5.41 Å². The zero-order valence-corrected chi connectivity index (χ0v) is 16.7. The summed E-state index contributed by atoms with van der Waals surface area (Å²) in [5, 5.41) is 0. The van der Waals surface area contributed by atoms with Crippen molar-refractivity contribution in [3.8, 4) is 0 Å². The van der Waals surface area contributed by atoms with Crippen molar-refractivity contribution in [2.45, 2.75) is 57.8 Å². The molecule has 0 heterocycles. The van der Waals surface area contributed by atoms with Gasteiger partial charge >= 0.3 is 0 Å². The van der Waals surface area contributed by atoms with E-state index in [1.165, 1.54) is 67.8 Å². The Kier molecular flexibility index (Phi) is 4.19. The van der Waals surface area contributed by atoms with Gasteiger partial charge in [-0.15, -0.1) is 0 Å². The van der Waals surface area contributed by atoms with Crippen molar-refractivity contribution in [1.82, 2.24) is 0 Å². The molecule has 5 atom stereocenters. The first-order chi connectivity index (χ1) is 12.3. The topological polar surface area (TPSA) is 0 Å². The first-order valence-electron chi connectivity index (χ1n) is 10.4. The minimum absolute atomic E-state index is 0.439.